The molecule has 4 nitrogen and oxygen atoms in total. The van der Waals surface area contributed by atoms with Crippen LogP contribution in [-0.4, -0.2) is 17.6 Å². The maximum Gasteiger partial charge on any atom is 0.244 e. The van der Waals surface area contributed by atoms with Gasteiger partial charge in [0.05, 0.1) is 11.4 Å². The molecule has 130 valence electrons. The van der Waals surface area contributed by atoms with E-state index in [1.54, 1.807) is 23.9 Å². The number of para-hydroxylation sites is 1. The number of phenolic OH excluding ortho intramolecular Hbond substituents is 1. The summed E-state index contributed by atoms with van der Waals surface area (Å²) in [7, 11) is 0. The summed E-state index contributed by atoms with van der Waals surface area (Å²) >= 11 is 7.86. The van der Waals surface area contributed by atoms with Gasteiger partial charge in [0.25, 0.3) is 0 Å². The van der Waals surface area contributed by atoms with Crippen molar-refractivity contribution in [3.8, 4) is 5.75 Å². The number of anilines is 3. The maximum atomic E-state index is 12.6. The van der Waals surface area contributed by atoms with E-state index in [0.29, 0.717) is 10.7 Å². The van der Waals surface area contributed by atoms with Gasteiger partial charge in [-0.05, 0) is 54.6 Å². The van der Waals surface area contributed by atoms with Crippen molar-refractivity contribution < 1.29 is 9.90 Å². The number of hydrogen-bond acceptors (Lipinski definition) is 4. The highest BCUT2D eigenvalue weighted by Gasteiger charge is 2.25. The number of amides is 1. The predicted molar refractivity (Wildman–Crippen MR) is 106 cm³/mol. The number of benzene rings is 3. The largest absolute Gasteiger partial charge is 0.508 e. The van der Waals surface area contributed by atoms with Gasteiger partial charge in [-0.15, -0.1) is 0 Å². The molecule has 4 rings (SSSR count). The highest BCUT2D eigenvalue weighted by atomic mass is 35.5. The monoisotopic (exact) mass is 382 g/mol. The maximum absolute atomic E-state index is 12.6. The first-order valence-corrected chi connectivity index (χ1v) is 9.22. The molecule has 0 unspecified atom stereocenters. The standard InChI is InChI=1S/C20H15ClN2O2S/c21-13-5-10-19-17(11-13)23(16-3-1-2-4-18(16)26-19)12-20(25)22-14-6-8-15(24)9-7-14/h1-11,24H,12H2,(H,22,25). The van der Waals surface area contributed by atoms with Crippen LogP contribution in [0.2, 0.25) is 5.02 Å². The lowest BCUT2D eigenvalue weighted by molar-refractivity contribution is -0.114. The molecule has 6 heteroatoms. The van der Waals surface area contributed by atoms with Crippen LogP contribution < -0.4 is 10.2 Å². The Morgan fingerprint density at radius 2 is 1.73 bits per heavy atom. The van der Waals surface area contributed by atoms with Gasteiger partial charge in [-0.25, -0.2) is 0 Å². The molecule has 1 aliphatic rings. The SMILES string of the molecule is O=C(CN1c2ccccc2Sc2ccc(Cl)cc21)Nc1ccc(O)cc1. The molecule has 26 heavy (non-hydrogen) atoms. The first-order chi connectivity index (χ1) is 12.6. The number of carbonyl (C=O) groups is 1. The topological polar surface area (TPSA) is 52.6 Å². The molecule has 1 heterocycles. The third-order valence-electron chi connectivity index (χ3n) is 4.04. The molecule has 0 saturated carbocycles. The van der Waals surface area contributed by atoms with Crippen molar-refractivity contribution in [1.29, 1.82) is 0 Å². The van der Waals surface area contributed by atoms with Gasteiger partial charge >= 0.3 is 0 Å². The van der Waals surface area contributed by atoms with Crippen LogP contribution in [0, 0.1) is 0 Å². The molecule has 2 N–H and O–H groups in total. The van der Waals surface area contributed by atoms with Gasteiger partial charge in [-0.2, -0.15) is 0 Å². The van der Waals surface area contributed by atoms with E-state index in [1.165, 1.54) is 12.1 Å². The van der Waals surface area contributed by atoms with Gasteiger partial charge in [-0.3, -0.25) is 4.79 Å². The summed E-state index contributed by atoms with van der Waals surface area (Å²) in [6.07, 6.45) is 0. The van der Waals surface area contributed by atoms with Gasteiger partial charge < -0.3 is 15.3 Å². The second-order valence-corrected chi connectivity index (χ2v) is 7.38. The fourth-order valence-electron chi connectivity index (χ4n) is 2.86. The number of rotatable bonds is 3. The summed E-state index contributed by atoms with van der Waals surface area (Å²) in [6, 6.07) is 20.1. The van der Waals surface area contributed by atoms with Crippen LogP contribution in [0.1, 0.15) is 0 Å². The van der Waals surface area contributed by atoms with Crippen LogP contribution in [0.3, 0.4) is 0 Å². The highest BCUT2D eigenvalue weighted by Crippen LogP contribution is 2.48. The number of nitrogens with one attached hydrogen (secondary N) is 1. The van der Waals surface area contributed by atoms with Gasteiger partial charge in [-0.1, -0.05) is 35.5 Å². The lowest BCUT2D eigenvalue weighted by Gasteiger charge is -2.32. The van der Waals surface area contributed by atoms with E-state index in [2.05, 4.69) is 5.32 Å². The van der Waals surface area contributed by atoms with Crippen LogP contribution in [0.5, 0.6) is 5.75 Å². The van der Waals surface area contributed by atoms with E-state index >= 15 is 0 Å². The predicted octanol–water partition coefficient (Wildman–Crippen LogP) is 5.29. The highest BCUT2D eigenvalue weighted by molar-refractivity contribution is 7.99. The Bertz CT molecular complexity index is 976. The molecule has 0 saturated heterocycles. The average Bonchev–Trinajstić information content (AvgIpc) is 2.64. The Balaban J connectivity index is 1.64. The van der Waals surface area contributed by atoms with E-state index in [9.17, 15) is 9.90 Å². The Kier molecular flexibility index (Phi) is 4.49. The molecule has 1 aliphatic heterocycles. The number of carbonyl (C=O) groups excluding carboxylic acids is 1. The van der Waals surface area contributed by atoms with Crippen molar-refractivity contribution in [1.82, 2.24) is 0 Å². The van der Waals surface area contributed by atoms with Gasteiger partial charge in [0.1, 0.15) is 12.3 Å². The fraction of sp³-hybridized carbons (Fsp3) is 0.0500. The summed E-state index contributed by atoms with van der Waals surface area (Å²) in [5, 5.41) is 12.9. The number of aromatic hydroxyl groups is 1. The summed E-state index contributed by atoms with van der Waals surface area (Å²) in [4.78, 5) is 16.7. The number of phenols is 1. The Hall–Kier alpha value is -2.63. The minimum Gasteiger partial charge on any atom is -0.508 e. The minimum atomic E-state index is -0.150. The third-order valence-corrected chi connectivity index (χ3v) is 5.41. The molecule has 0 aromatic heterocycles. The van der Waals surface area contributed by atoms with E-state index in [4.69, 9.17) is 11.6 Å². The minimum absolute atomic E-state index is 0.150. The van der Waals surface area contributed by atoms with Gasteiger partial charge in [0.2, 0.25) is 5.91 Å². The molecule has 0 aliphatic carbocycles. The fourth-order valence-corrected chi connectivity index (χ4v) is 4.10. The zero-order chi connectivity index (χ0) is 18.1. The van der Waals surface area contributed by atoms with Crippen LogP contribution in [-0.2, 0) is 4.79 Å². The van der Waals surface area contributed by atoms with Crippen molar-refractivity contribution in [2.45, 2.75) is 9.79 Å². The number of nitrogens with zero attached hydrogens (tertiary/aromatic N) is 1. The molecule has 3 aromatic carbocycles. The number of halogens is 1. The Morgan fingerprint density at radius 3 is 2.54 bits per heavy atom. The normalized spacial score (nSPS) is 12.3. The summed E-state index contributed by atoms with van der Waals surface area (Å²) in [6.45, 7) is 0.159. The molecule has 3 aromatic rings. The van der Waals surface area contributed by atoms with Crippen LogP contribution in [0.25, 0.3) is 0 Å². The van der Waals surface area contributed by atoms with Crippen molar-refractivity contribution in [2.24, 2.45) is 0 Å². The summed E-state index contributed by atoms with van der Waals surface area (Å²) in [5.41, 5.74) is 2.54. The molecule has 1 amide bonds. The van der Waals surface area contributed by atoms with Crippen molar-refractivity contribution in [3.05, 3.63) is 71.8 Å². The quantitative estimate of drug-likeness (QED) is 0.604. The molecule has 0 radical (unpaired) electrons. The second kappa shape index (κ2) is 6.94. The second-order valence-electron chi connectivity index (χ2n) is 5.86. The first-order valence-electron chi connectivity index (χ1n) is 8.03. The van der Waals surface area contributed by atoms with E-state index < -0.39 is 0 Å². The lowest BCUT2D eigenvalue weighted by atomic mass is 10.2. The Labute approximate surface area is 160 Å². The molecule has 0 bridgehead atoms. The van der Waals surface area contributed by atoms with E-state index in [1.807, 2.05) is 47.4 Å². The molecule has 0 atom stereocenters. The van der Waals surface area contributed by atoms with E-state index in [-0.39, 0.29) is 18.2 Å². The van der Waals surface area contributed by atoms with Gasteiger partial charge in [0.15, 0.2) is 0 Å². The zero-order valence-electron chi connectivity index (χ0n) is 13.6. The van der Waals surface area contributed by atoms with Crippen LogP contribution >= 0.6 is 23.4 Å². The molecular formula is C20H15ClN2O2S. The summed E-state index contributed by atoms with van der Waals surface area (Å²) in [5.74, 6) is 0.0110. The zero-order valence-corrected chi connectivity index (χ0v) is 15.2. The first kappa shape index (κ1) is 16.8. The molecule has 0 spiro atoms. The Morgan fingerprint density at radius 1 is 1.00 bits per heavy atom. The average molecular weight is 383 g/mol. The number of hydrogen-bond donors (Lipinski definition) is 2. The lowest BCUT2D eigenvalue weighted by Crippen LogP contribution is -2.31. The summed E-state index contributed by atoms with van der Waals surface area (Å²) < 4.78 is 0. The van der Waals surface area contributed by atoms with Gasteiger partial charge in [0, 0.05) is 20.5 Å². The number of fused-ring (bicyclic) bond motifs is 2. The van der Waals surface area contributed by atoms with Crippen LogP contribution in [0.4, 0.5) is 17.1 Å². The smallest absolute Gasteiger partial charge is 0.244 e. The molecule has 0 fully saturated rings. The molecular weight excluding hydrogens is 368 g/mol. The van der Waals surface area contributed by atoms with Crippen LogP contribution in [0.15, 0.2) is 76.5 Å². The third kappa shape index (κ3) is 3.36. The van der Waals surface area contributed by atoms with Crippen molar-refractivity contribution in [2.75, 3.05) is 16.8 Å². The van der Waals surface area contributed by atoms with Crippen molar-refractivity contribution >= 4 is 46.3 Å². The van der Waals surface area contributed by atoms with Crippen molar-refractivity contribution in [3.63, 3.8) is 0 Å². The van der Waals surface area contributed by atoms with E-state index in [0.717, 1.165) is 21.2 Å².